The molecule has 0 radical (unpaired) electrons. The second-order valence-electron chi connectivity index (χ2n) is 3.09. The van der Waals surface area contributed by atoms with E-state index in [1.165, 1.54) is 25.1 Å². The van der Waals surface area contributed by atoms with E-state index in [-0.39, 0.29) is 5.56 Å². The zero-order valence-electron chi connectivity index (χ0n) is 8.15. The molecule has 1 N–H and O–H groups in total. The van der Waals surface area contributed by atoms with Gasteiger partial charge in [0.15, 0.2) is 0 Å². The Labute approximate surface area is 90.4 Å². The van der Waals surface area contributed by atoms with Gasteiger partial charge in [0.1, 0.15) is 0 Å². The molecule has 0 saturated carbocycles. The summed E-state index contributed by atoms with van der Waals surface area (Å²) >= 11 is 0. The molecular formula is C9H8F2O4S. The van der Waals surface area contributed by atoms with Gasteiger partial charge < -0.3 is 5.11 Å². The molecule has 0 saturated heterocycles. The number of carboxylic acid groups (broad SMARTS) is 1. The third-order valence-electron chi connectivity index (χ3n) is 1.97. The van der Waals surface area contributed by atoms with Crippen LogP contribution < -0.4 is 0 Å². The van der Waals surface area contributed by atoms with Gasteiger partial charge >= 0.3 is 11.2 Å². The monoisotopic (exact) mass is 250 g/mol. The second kappa shape index (κ2) is 3.82. The third-order valence-corrected chi connectivity index (χ3v) is 3.86. The zero-order chi connectivity index (χ0) is 12.6. The molecule has 0 aromatic heterocycles. The van der Waals surface area contributed by atoms with Gasteiger partial charge in [-0.1, -0.05) is 18.2 Å². The largest absolute Gasteiger partial charge is 0.476 e. The van der Waals surface area contributed by atoms with Crippen LogP contribution in [0.3, 0.4) is 0 Å². The summed E-state index contributed by atoms with van der Waals surface area (Å²) in [5.41, 5.74) is 0.0726. The topological polar surface area (TPSA) is 71.4 Å². The molecule has 1 rings (SSSR count). The fraction of sp³-hybridized carbons (Fsp3) is 0.222. The molecule has 16 heavy (non-hydrogen) atoms. The molecule has 0 bridgehead atoms. The maximum absolute atomic E-state index is 13.0. The van der Waals surface area contributed by atoms with Gasteiger partial charge in [0, 0.05) is 0 Å². The highest BCUT2D eigenvalue weighted by atomic mass is 32.2. The Balaban J connectivity index is 3.45. The van der Waals surface area contributed by atoms with Gasteiger partial charge in [0.2, 0.25) is 0 Å². The lowest BCUT2D eigenvalue weighted by Gasteiger charge is -2.13. The van der Waals surface area contributed by atoms with Crippen molar-refractivity contribution in [1.82, 2.24) is 0 Å². The number of sulfone groups is 1. The Morgan fingerprint density at radius 2 is 1.81 bits per heavy atom. The maximum Gasteiger partial charge on any atom is 0.444 e. The Morgan fingerprint density at radius 1 is 1.31 bits per heavy atom. The number of aryl methyl sites for hydroxylation is 1. The van der Waals surface area contributed by atoms with Gasteiger partial charge in [-0.2, -0.15) is 8.78 Å². The molecule has 1 aromatic carbocycles. The van der Waals surface area contributed by atoms with Crippen LogP contribution in [0.2, 0.25) is 0 Å². The lowest BCUT2D eigenvalue weighted by atomic mass is 10.2. The molecule has 0 aliphatic carbocycles. The summed E-state index contributed by atoms with van der Waals surface area (Å²) in [5, 5.41) is 3.38. The molecule has 0 aliphatic rings. The number of carboxylic acids is 1. The van der Waals surface area contributed by atoms with Crippen molar-refractivity contribution >= 4 is 15.8 Å². The molecule has 0 fully saturated rings. The first-order valence-corrected chi connectivity index (χ1v) is 5.61. The molecule has 1 aromatic rings. The smallest absolute Gasteiger partial charge is 0.444 e. The molecule has 0 amide bonds. The molecule has 4 nitrogen and oxygen atoms in total. The molecular weight excluding hydrogens is 242 g/mol. The lowest BCUT2D eigenvalue weighted by Crippen LogP contribution is -2.37. The highest BCUT2D eigenvalue weighted by molar-refractivity contribution is 7.93. The Morgan fingerprint density at radius 3 is 2.25 bits per heavy atom. The molecule has 88 valence electrons. The van der Waals surface area contributed by atoms with E-state index in [2.05, 4.69) is 0 Å². The Kier molecular flexibility index (Phi) is 3.00. The average molecular weight is 250 g/mol. The first kappa shape index (κ1) is 12.6. The number of benzene rings is 1. The van der Waals surface area contributed by atoms with Crippen molar-refractivity contribution in [3.05, 3.63) is 29.8 Å². The quantitative estimate of drug-likeness (QED) is 0.881. The third kappa shape index (κ3) is 1.78. The number of alkyl halides is 2. The standard InChI is InChI=1S/C9H8F2O4S/c1-6-4-2-3-5-7(6)16(14,15)9(10,11)8(12)13/h2-5H,1H3,(H,12,13). The van der Waals surface area contributed by atoms with Crippen molar-refractivity contribution in [2.75, 3.05) is 0 Å². The summed E-state index contributed by atoms with van der Waals surface area (Å²) in [4.78, 5) is 9.54. The van der Waals surface area contributed by atoms with Crippen molar-refractivity contribution in [3.8, 4) is 0 Å². The van der Waals surface area contributed by atoms with Crippen LogP contribution in [-0.4, -0.2) is 24.7 Å². The normalized spacial score (nSPS) is 12.4. The summed E-state index contributed by atoms with van der Waals surface area (Å²) in [6.07, 6.45) is 0. The Bertz CT molecular complexity index is 522. The van der Waals surface area contributed by atoms with Crippen LogP contribution in [0.1, 0.15) is 5.56 Å². The lowest BCUT2D eigenvalue weighted by molar-refractivity contribution is -0.153. The van der Waals surface area contributed by atoms with Crippen LogP contribution >= 0.6 is 0 Å². The average Bonchev–Trinajstić information content (AvgIpc) is 2.17. The van der Waals surface area contributed by atoms with E-state index < -0.39 is 26.0 Å². The highest BCUT2D eigenvalue weighted by Crippen LogP contribution is 2.30. The molecule has 0 aliphatic heterocycles. The van der Waals surface area contributed by atoms with Gasteiger partial charge in [-0.05, 0) is 18.6 Å². The SMILES string of the molecule is Cc1ccccc1S(=O)(=O)C(F)(F)C(=O)O. The van der Waals surface area contributed by atoms with E-state index in [0.717, 1.165) is 6.07 Å². The van der Waals surface area contributed by atoms with Crippen molar-refractivity contribution in [3.63, 3.8) is 0 Å². The number of hydrogen-bond acceptors (Lipinski definition) is 3. The number of halogens is 2. The van der Waals surface area contributed by atoms with Gasteiger partial charge in [0.25, 0.3) is 9.84 Å². The van der Waals surface area contributed by atoms with E-state index in [1.54, 1.807) is 0 Å². The summed E-state index contributed by atoms with van der Waals surface area (Å²) < 4.78 is 48.8. The van der Waals surface area contributed by atoms with Crippen LogP contribution in [0.15, 0.2) is 29.2 Å². The maximum atomic E-state index is 13.0. The van der Waals surface area contributed by atoms with Crippen LogP contribution in [-0.2, 0) is 14.6 Å². The predicted octanol–water partition coefficient (Wildman–Crippen LogP) is 1.45. The van der Waals surface area contributed by atoms with Crippen molar-refractivity contribution in [2.24, 2.45) is 0 Å². The molecule has 0 unspecified atom stereocenters. The summed E-state index contributed by atoms with van der Waals surface area (Å²) in [6, 6.07) is 4.97. The minimum Gasteiger partial charge on any atom is -0.476 e. The molecule has 7 heteroatoms. The summed E-state index contributed by atoms with van der Waals surface area (Å²) in [7, 11) is -5.20. The van der Waals surface area contributed by atoms with Crippen LogP contribution in [0.4, 0.5) is 8.78 Å². The van der Waals surface area contributed by atoms with E-state index in [0.29, 0.717) is 0 Å². The fourth-order valence-electron chi connectivity index (χ4n) is 1.11. The van der Waals surface area contributed by atoms with Crippen LogP contribution in [0, 0.1) is 6.92 Å². The summed E-state index contributed by atoms with van der Waals surface area (Å²) in [5.74, 6) is -2.68. The van der Waals surface area contributed by atoms with Crippen molar-refractivity contribution in [1.29, 1.82) is 0 Å². The number of rotatable bonds is 3. The number of aliphatic carboxylic acids is 1. The molecule has 0 atom stereocenters. The van der Waals surface area contributed by atoms with Gasteiger partial charge in [-0.3, -0.25) is 0 Å². The first-order valence-electron chi connectivity index (χ1n) is 4.12. The van der Waals surface area contributed by atoms with E-state index in [1.807, 2.05) is 0 Å². The van der Waals surface area contributed by atoms with Crippen molar-refractivity contribution < 1.29 is 27.1 Å². The van der Waals surface area contributed by atoms with Crippen LogP contribution in [0.25, 0.3) is 0 Å². The number of hydrogen-bond donors (Lipinski definition) is 1. The Hall–Kier alpha value is -1.50. The highest BCUT2D eigenvalue weighted by Gasteiger charge is 2.54. The van der Waals surface area contributed by atoms with E-state index in [4.69, 9.17) is 5.11 Å². The van der Waals surface area contributed by atoms with E-state index in [9.17, 15) is 22.0 Å². The second-order valence-corrected chi connectivity index (χ2v) is 5.05. The summed E-state index contributed by atoms with van der Waals surface area (Å²) in [6.45, 7) is 1.31. The van der Waals surface area contributed by atoms with Gasteiger partial charge in [-0.25, -0.2) is 13.2 Å². The first-order chi connectivity index (χ1) is 7.21. The fourth-order valence-corrected chi connectivity index (χ4v) is 2.37. The zero-order valence-corrected chi connectivity index (χ0v) is 8.96. The van der Waals surface area contributed by atoms with Gasteiger partial charge in [0.05, 0.1) is 4.90 Å². The minimum atomic E-state index is -5.20. The van der Waals surface area contributed by atoms with Crippen LogP contribution in [0.5, 0.6) is 0 Å². The molecule has 0 heterocycles. The van der Waals surface area contributed by atoms with Crippen molar-refractivity contribution in [2.45, 2.75) is 17.1 Å². The molecule has 0 spiro atoms. The number of carbonyl (C=O) groups is 1. The predicted molar refractivity (Wildman–Crippen MR) is 50.9 cm³/mol. The minimum absolute atomic E-state index is 0.0726. The van der Waals surface area contributed by atoms with E-state index >= 15 is 0 Å². The van der Waals surface area contributed by atoms with Gasteiger partial charge in [-0.15, -0.1) is 0 Å².